The number of hydrogen-bond donors (Lipinski definition) is 0. The average molecular weight is 316 g/mol. The van der Waals surface area contributed by atoms with Crippen molar-refractivity contribution in [2.24, 2.45) is 0 Å². The Labute approximate surface area is 144 Å². The molecule has 3 aromatic rings. The van der Waals surface area contributed by atoms with E-state index < -0.39 is 0 Å². The molecule has 0 amide bonds. The van der Waals surface area contributed by atoms with Gasteiger partial charge in [0.1, 0.15) is 0 Å². The molecular formula is C23H24O. The first-order chi connectivity index (χ1) is 11.8. The summed E-state index contributed by atoms with van der Waals surface area (Å²) in [5.41, 5.74) is 6.24. The van der Waals surface area contributed by atoms with Gasteiger partial charge < -0.3 is 4.74 Å². The molecule has 0 saturated carbocycles. The highest BCUT2D eigenvalue weighted by molar-refractivity contribution is 5.63. The van der Waals surface area contributed by atoms with Crippen LogP contribution in [-0.2, 0) is 11.3 Å². The summed E-state index contributed by atoms with van der Waals surface area (Å²) >= 11 is 0. The minimum absolute atomic E-state index is 0.156. The van der Waals surface area contributed by atoms with Crippen molar-refractivity contribution in [3.63, 3.8) is 0 Å². The van der Waals surface area contributed by atoms with Gasteiger partial charge in [-0.15, -0.1) is 0 Å². The van der Waals surface area contributed by atoms with Crippen molar-refractivity contribution >= 4 is 0 Å². The summed E-state index contributed by atoms with van der Waals surface area (Å²) in [6.07, 6.45) is 1.13. The van der Waals surface area contributed by atoms with Crippen molar-refractivity contribution in [3.05, 3.63) is 95.6 Å². The van der Waals surface area contributed by atoms with E-state index >= 15 is 0 Å². The van der Waals surface area contributed by atoms with Crippen molar-refractivity contribution in [1.29, 1.82) is 0 Å². The normalized spacial score (nSPS) is 12.1. The van der Waals surface area contributed by atoms with Gasteiger partial charge in [0.05, 0.1) is 12.7 Å². The molecule has 0 aliphatic rings. The lowest BCUT2D eigenvalue weighted by atomic mass is 10.0. The summed E-state index contributed by atoms with van der Waals surface area (Å²) in [5, 5.41) is 0. The second-order valence-corrected chi connectivity index (χ2v) is 6.18. The number of hydrogen-bond acceptors (Lipinski definition) is 1. The van der Waals surface area contributed by atoms with Crippen LogP contribution >= 0.6 is 0 Å². The zero-order valence-electron chi connectivity index (χ0n) is 14.4. The fourth-order valence-corrected chi connectivity index (χ4v) is 2.85. The van der Waals surface area contributed by atoms with Crippen LogP contribution in [0.25, 0.3) is 11.1 Å². The summed E-state index contributed by atoms with van der Waals surface area (Å²) in [7, 11) is 0. The van der Waals surface area contributed by atoms with Crippen LogP contribution < -0.4 is 0 Å². The minimum Gasteiger partial charge on any atom is -0.369 e. The monoisotopic (exact) mass is 316 g/mol. The van der Waals surface area contributed by atoms with Crippen molar-refractivity contribution in [3.8, 4) is 11.1 Å². The second kappa shape index (κ2) is 7.94. The number of aryl methyl sites for hydroxylation is 1. The number of ether oxygens (including phenoxy) is 1. The van der Waals surface area contributed by atoms with Crippen LogP contribution in [0.5, 0.6) is 0 Å². The van der Waals surface area contributed by atoms with Gasteiger partial charge in [0.15, 0.2) is 0 Å². The minimum atomic E-state index is 0.156. The van der Waals surface area contributed by atoms with Crippen LogP contribution in [0.1, 0.15) is 36.1 Å². The Balaban J connectivity index is 1.65. The van der Waals surface area contributed by atoms with Gasteiger partial charge in [-0.25, -0.2) is 0 Å². The second-order valence-electron chi connectivity index (χ2n) is 6.18. The van der Waals surface area contributed by atoms with E-state index in [1.807, 2.05) is 6.07 Å². The van der Waals surface area contributed by atoms with Crippen molar-refractivity contribution in [2.45, 2.75) is 33.0 Å². The molecule has 0 aromatic heterocycles. The summed E-state index contributed by atoms with van der Waals surface area (Å²) < 4.78 is 6.12. The number of rotatable bonds is 6. The first kappa shape index (κ1) is 16.5. The fourth-order valence-electron chi connectivity index (χ4n) is 2.85. The van der Waals surface area contributed by atoms with E-state index in [9.17, 15) is 0 Å². The Hall–Kier alpha value is -2.38. The lowest BCUT2D eigenvalue weighted by Crippen LogP contribution is -2.03. The zero-order valence-corrected chi connectivity index (χ0v) is 14.4. The molecule has 0 fully saturated rings. The summed E-state index contributed by atoms with van der Waals surface area (Å²) in [4.78, 5) is 0. The van der Waals surface area contributed by atoms with E-state index in [0.717, 1.165) is 6.42 Å². The molecule has 0 radical (unpaired) electrons. The van der Waals surface area contributed by atoms with Crippen LogP contribution in [0.3, 0.4) is 0 Å². The smallest absolute Gasteiger partial charge is 0.0826 e. The maximum absolute atomic E-state index is 6.12. The van der Waals surface area contributed by atoms with E-state index in [1.165, 1.54) is 27.8 Å². The maximum atomic E-state index is 6.12. The third-order valence-corrected chi connectivity index (χ3v) is 4.33. The lowest BCUT2D eigenvalue weighted by molar-refractivity contribution is 0.0372. The first-order valence-corrected chi connectivity index (χ1v) is 8.59. The molecule has 1 atom stereocenters. The molecule has 3 rings (SSSR count). The fraction of sp³-hybridized carbons (Fsp3) is 0.217. The van der Waals surface area contributed by atoms with E-state index in [4.69, 9.17) is 4.74 Å². The quantitative estimate of drug-likeness (QED) is 0.516. The molecule has 0 unspecified atom stereocenters. The molecule has 0 bridgehead atoms. The Morgan fingerprint density at radius 3 is 1.92 bits per heavy atom. The molecule has 0 N–H and O–H groups in total. The average Bonchev–Trinajstić information content (AvgIpc) is 2.64. The molecule has 1 heteroatoms. The molecule has 0 saturated heterocycles. The molecule has 24 heavy (non-hydrogen) atoms. The molecular weight excluding hydrogens is 292 g/mol. The Kier molecular flexibility index (Phi) is 5.45. The molecule has 0 aliphatic heterocycles. The van der Waals surface area contributed by atoms with Gasteiger partial charge in [0, 0.05) is 0 Å². The largest absolute Gasteiger partial charge is 0.369 e. The van der Waals surface area contributed by atoms with Crippen LogP contribution in [-0.4, -0.2) is 0 Å². The van der Waals surface area contributed by atoms with E-state index in [-0.39, 0.29) is 6.10 Å². The van der Waals surface area contributed by atoms with Crippen LogP contribution in [0.4, 0.5) is 0 Å². The van der Waals surface area contributed by atoms with Gasteiger partial charge in [-0.2, -0.15) is 0 Å². The van der Waals surface area contributed by atoms with Gasteiger partial charge in [0.25, 0.3) is 0 Å². The molecule has 0 heterocycles. The van der Waals surface area contributed by atoms with Gasteiger partial charge in [0.2, 0.25) is 0 Å². The Bertz CT molecular complexity index is 742. The lowest BCUT2D eigenvalue weighted by Gasteiger charge is -2.16. The van der Waals surface area contributed by atoms with E-state index in [1.54, 1.807) is 0 Å². The van der Waals surface area contributed by atoms with Gasteiger partial charge in [-0.1, -0.05) is 91.3 Å². The predicted octanol–water partition coefficient (Wildman–Crippen LogP) is 6.33. The van der Waals surface area contributed by atoms with Crippen molar-refractivity contribution in [1.82, 2.24) is 0 Å². The summed E-state index contributed by atoms with van der Waals surface area (Å²) in [6, 6.07) is 27.8. The zero-order chi connectivity index (χ0) is 16.8. The summed E-state index contributed by atoms with van der Waals surface area (Å²) in [6.45, 7) is 4.92. The Morgan fingerprint density at radius 1 is 0.750 bits per heavy atom. The third-order valence-electron chi connectivity index (χ3n) is 4.33. The first-order valence-electron chi connectivity index (χ1n) is 8.59. The molecule has 3 aromatic carbocycles. The highest BCUT2D eigenvalue weighted by Gasteiger charge is 2.09. The molecule has 122 valence electrons. The third kappa shape index (κ3) is 4.12. The van der Waals surface area contributed by atoms with Gasteiger partial charge in [-0.3, -0.25) is 0 Å². The maximum Gasteiger partial charge on any atom is 0.0826 e. The molecule has 1 nitrogen and oxygen atoms in total. The highest BCUT2D eigenvalue weighted by atomic mass is 16.5. The molecule has 0 spiro atoms. The van der Waals surface area contributed by atoms with E-state index in [2.05, 4.69) is 86.6 Å². The van der Waals surface area contributed by atoms with Gasteiger partial charge >= 0.3 is 0 Å². The Morgan fingerprint density at radius 2 is 1.33 bits per heavy atom. The SMILES string of the molecule is CC[C@@H](OCc1ccc(-c2ccc(C)cc2)cc1)c1ccccc1. The van der Waals surface area contributed by atoms with Crippen LogP contribution in [0.2, 0.25) is 0 Å². The molecule has 0 aliphatic carbocycles. The number of benzene rings is 3. The van der Waals surface area contributed by atoms with Gasteiger partial charge in [-0.05, 0) is 35.6 Å². The highest BCUT2D eigenvalue weighted by Crippen LogP contribution is 2.24. The van der Waals surface area contributed by atoms with Crippen molar-refractivity contribution < 1.29 is 4.74 Å². The van der Waals surface area contributed by atoms with Crippen molar-refractivity contribution in [2.75, 3.05) is 0 Å². The van der Waals surface area contributed by atoms with Crippen LogP contribution in [0, 0.1) is 6.92 Å². The van der Waals surface area contributed by atoms with E-state index in [0.29, 0.717) is 6.61 Å². The van der Waals surface area contributed by atoms with Crippen LogP contribution in [0.15, 0.2) is 78.9 Å². The predicted molar refractivity (Wildman–Crippen MR) is 101 cm³/mol. The topological polar surface area (TPSA) is 9.23 Å². The standard InChI is InChI=1S/C23H24O/c1-3-23(22-7-5-4-6-8-22)24-17-19-11-15-21(16-12-19)20-13-9-18(2)10-14-20/h4-16,23H,3,17H2,1-2H3/t23-/m1/s1. The summed E-state index contributed by atoms with van der Waals surface area (Å²) in [5.74, 6) is 0.